The van der Waals surface area contributed by atoms with Crippen molar-refractivity contribution in [3.05, 3.63) is 29.8 Å². The van der Waals surface area contributed by atoms with Gasteiger partial charge in [0.15, 0.2) is 0 Å². The van der Waals surface area contributed by atoms with E-state index in [1.807, 2.05) is 12.1 Å². The maximum absolute atomic E-state index is 5.89. The van der Waals surface area contributed by atoms with Crippen LogP contribution in [0.5, 0.6) is 5.75 Å². The number of hydrogen-bond donors (Lipinski definition) is 1. The Kier molecular flexibility index (Phi) is 2.73. The molecule has 0 bridgehead atoms. The lowest BCUT2D eigenvalue weighted by atomic mass is 9.97. The maximum Gasteiger partial charge on any atom is 0.118 e. The highest BCUT2D eigenvalue weighted by Gasteiger charge is 2.22. The highest BCUT2D eigenvalue weighted by atomic mass is 16.5. The summed E-state index contributed by atoms with van der Waals surface area (Å²) in [6.07, 6.45) is 3.52. The fourth-order valence-electron chi connectivity index (χ4n) is 2.20. The summed E-state index contributed by atoms with van der Waals surface area (Å²) < 4.78 is 5.13. The second-order valence-electron chi connectivity index (χ2n) is 4.04. The predicted molar refractivity (Wildman–Crippen MR) is 57.6 cm³/mol. The minimum absolute atomic E-state index is 0.405. The minimum Gasteiger partial charge on any atom is -0.497 e. The molecule has 0 amide bonds. The summed E-state index contributed by atoms with van der Waals surface area (Å²) in [5, 5.41) is 0. The van der Waals surface area contributed by atoms with Gasteiger partial charge in [0.2, 0.25) is 0 Å². The molecule has 14 heavy (non-hydrogen) atoms. The Morgan fingerprint density at radius 3 is 2.43 bits per heavy atom. The van der Waals surface area contributed by atoms with Crippen LogP contribution in [0.1, 0.15) is 30.7 Å². The maximum atomic E-state index is 5.89. The summed E-state index contributed by atoms with van der Waals surface area (Å²) in [6, 6.07) is 8.77. The van der Waals surface area contributed by atoms with Crippen LogP contribution in [0.15, 0.2) is 24.3 Å². The molecule has 0 spiro atoms. The summed E-state index contributed by atoms with van der Waals surface area (Å²) in [5.41, 5.74) is 7.30. The first kappa shape index (κ1) is 9.53. The molecule has 76 valence electrons. The molecule has 1 aliphatic rings. The molecule has 2 N–H and O–H groups in total. The summed E-state index contributed by atoms with van der Waals surface area (Å²) in [6.45, 7) is 0. The van der Waals surface area contributed by atoms with Gasteiger partial charge < -0.3 is 10.5 Å². The van der Waals surface area contributed by atoms with Gasteiger partial charge >= 0.3 is 0 Å². The summed E-state index contributed by atoms with van der Waals surface area (Å²) in [4.78, 5) is 0. The van der Waals surface area contributed by atoms with Gasteiger partial charge in [-0.3, -0.25) is 0 Å². The van der Waals surface area contributed by atoms with Gasteiger partial charge in [-0.1, -0.05) is 12.1 Å². The van der Waals surface area contributed by atoms with Gasteiger partial charge in [0, 0.05) is 6.04 Å². The van der Waals surface area contributed by atoms with Crippen molar-refractivity contribution in [2.24, 2.45) is 5.73 Å². The first-order valence-corrected chi connectivity index (χ1v) is 5.19. The van der Waals surface area contributed by atoms with E-state index in [1.165, 1.54) is 12.0 Å². The standard InChI is InChI=1S/C12H17NO/c1-14-12-6-3-9(4-7-12)10-2-5-11(13)8-10/h3-4,6-7,10-11H,2,5,8,13H2,1H3/t10-,11?/m1/s1. The summed E-state index contributed by atoms with van der Waals surface area (Å²) in [5.74, 6) is 1.59. The molecule has 1 fully saturated rings. The number of methoxy groups -OCH3 is 1. The Morgan fingerprint density at radius 2 is 1.93 bits per heavy atom. The molecule has 2 rings (SSSR count). The smallest absolute Gasteiger partial charge is 0.118 e. The van der Waals surface area contributed by atoms with Crippen LogP contribution in [0, 0.1) is 0 Å². The van der Waals surface area contributed by atoms with Crippen molar-refractivity contribution in [1.29, 1.82) is 0 Å². The van der Waals surface area contributed by atoms with E-state index in [4.69, 9.17) is 10.5 Å². The molecule has 0 aliphatic heterocycles. The van der Waals surface area contributed by atoms with Crippen LogP contribution in [0.4, 0.5) is 0 Å². The molecular formula is C12H17NO. The highest BCUT2D eigenvalue weighted by Crippen LogP contribution is 2.33. The van der Waals surface area contributed by atoms with Crippen LogP contribution in [-0.4, -0.2) is 13.2 Å². The minimum atomic E-state index is 0.405. The van der Waals surface area contributed by atoms with E-state index in [9.17, 15) is 0 Å². The topological polar surface area (TPSA) is 35.2 Å². The van der Waals surface area contributed by atoms with Crippen LogP contribution >= 0.6 is 0 Å². The van der Waals surface area contributed by atoms with Crippen LogP contribution in [0.2, 0.25) is 0 Å². The average molecular weight is 191 g/mol. The van der Waals surface area contributed by atoms with Crippen LogP contribution in [-0.2, 0) is 0 Å². The van der Waals surface area contributed by atoms with Crippen molar-refractivity contribution in [2.45, 2.75) is 31.2 Å². The SMILES string of the molecule is COc1ccc([C@@H]2CCC(N)C2)cc1. The normalized spacial score (nSPS) is 26.4. The van der Waals surface area contributed by atoms with Gasteiger partial charge in [-0.25, -0.2) is 0 Å². The van der Waals surface area contributed by atoms with Crippen molar-refractivity contribution < 1.29 is 4.74 Å². The number of benzene rings is 1. The molecule has 0 radical (unpaired) electrons. The molecule has 1 saturated carbocycles. The van der Waals surface area contributed by atoms with E-state index in [1.54, 1.807) is 7.11 Å². The monoisotopic (exact) mass is 191 g/mol. The second kappa shape index (κ2) is 4.01. The molecule has 1 aliphatic carbocycles. The third-order valence-electron chi connectivity index (χ3n) is 3.06. The Balaban J connectivity index is 2.09. The molecule has 1 aromatic carbocycles. The van der Waals surface area contributed by atoms with E-state index in [0.717, 1.165) is 18.6 Å². The number of ether oxygens (including phenoxy) is 1. The fraction of sp³-hybridized carbons (Fsp3) is 0.500. The second-order valence-corrected chi connectivity index (χ2v) is 4.04. The van der Waals surface area contributed by atoms with Crippen molar-refractivity contribution in [2.75, 3.05) is 7.11 Å². The number of rotatable bonds is 2. The molecule has 2 heteroatoms. The van der Waals surface area contributed by atoms with Crippen LogP contribution < -0.4 is 10.5 Å². The number of nitrogens with two attached hydrogens (primary N) is 1. The first-order chi connectivity index (χ1) is 6.79. The highest BCUT2D eigenvalue weighted by molar-refractivity contribution is 5.30. The Hall–Kier alpha value is -1.02. The van der Waals surface area contributed by atoms with Gasteiger partial charge in [-0.05, 0) is 42.9 Å². The lowest BCUT2D eigenvalue weighted by Crippen LogP contribution is -2.14. The molecule has 0 saturated heterocycles. The van der Waals surface area contributed by atoms with E-state index < -0.39 is 0 Å². The fourth-order valence-corrected chi connectivity index (χ4v) is 2.20. The lowest BCUT2D eigenvalue weighted by Gasteiger charge is -2.10. The third kappa shape index (κ3) is 1.90. The van der Waals surface area contributed by atoms with E-state index in [-0.39, 0.29) is 0 Å². The Morgan fingerprint density at radius 1 is 1.21 bits per heavy atom. The van der Waals surface area contributed by atoms with Gasteiger partial charge in [-0.15, -0.1) is 0 Å². The van der Waals surface area contributed by atoms with Gasteiger partial charge in [0.05, 0.1) is 7.11 Å². The third-order valence-corrected chi connectivity index (χ3v) is 3.06. The molecule has 1 unspecified atom stereocenters. The van der Waals surface area contributed by atoms with Gasteiger partial charge in [-0.2, -0.15) is 0 Å². The molecule has 2 atom stereocenters. The zero-order valence-corrected chi connectivity index (χ0v) is 8.57. The quantitative estimate of drug-likeness (QED) is 0.778. The molecular weight excluding hydrogens is 174 g/mol. The largest absolute Gasteiger partial charge is 0.497 e. The number of hydrogen-bond acceptors (Lipinski definition) is 2. The van der Waals surface area contributed by atoms with Crippen molar-refractivity contribution >= 4 is 0 Å². The first-order valence-electron chi connectivity index (χ1n) is 5.19. The Bertz CT molecular complexity index is 294. The van der Waals surface area contributed by atoms with Gasteiger partial charge in [0.25, 0.3) is 0 Å². The molecule has 0 aromatic heterocycles. The molecule has 1 aromatic rings. The average Bonchev–Trinajstić information content (AvgIpc) is 2.65. The Labute approximate surface area is 85.1 Å². The predicted octanol–water partition coefficient (Wildman–Crippen LogP) is 2.29. The van der Waals surface area contributed by atoms with Crippen molar-refractivity contribution in [3.8, 4) is 5.75 Å². The zero-order chi connectivity index (χ0) is 9.97. The lowest BCUT2D eigenvalue weighted by molar-refractivity contribution is 0.414. The van der Waals surface area contributed by atoms with E-state index in [2.05, 4.69) is 12.1 Å². The van der Waals surface area contributed by atoms with Gasteiger partial charge in [0.1, 0.15) is 5.75 Å². The van der Waals surface area contributed by atoms with Crippen LogP contribution in [0.3, 0.4) is 0 Å². The zero-order valence-electron chi connectivity index (χ0n) is 8.57. The molecule has 2 nitrogen and oxygen atoms in total. The summed E-state index contributed by atoms with van der Waals surface area (Å²) in [7, 11) is 1.69. The van der Waals surface area contributed by atoms with E-state index >= 15 is 0 Å². The van der Waals surface area contributed by atoms with Crippen molar-refractivity contribution in [1.82, 2.24) is 0 Å². The van der Waals surface area contributed by atoms with Crippen molar-refractivity contribution in [3.63, 3.8) is 0 Å². The van der Waals surface area contributed by atoms with Crippen LogP contribution in [0.25, 0.3) is 0 Å². The molecule has 0 heterocycles. The van der Waals surface area contributed by atoms with E-state index in [0.29, 0.717) is 12.0 Å². The summed E-state index contributed by atoms with van der Waals surface area (Å²) >= 11 is 0.